The summed E-state index contributed by atoms with van der Waals surface area (Å²) in [6.45, 7) is 3.70. The van der Waals surface area contributed by atoms with Gasteiger partial charge in [0.1, 0.15) is 0 Å². The van der Waals surface area contributed by atoms with Crippen molar-refractivity contribution in [1.82, 2.24) is 9.21 Å². The van der Waals surface area contributed by atoms with E-state index in [4.69, 9.17) is 0 Å². The van der Waals surface area contributed by atoms with E-state index in [0.29, 0.717) is 26.2 Å². The molecule has 2 aromatic rings. The van der Waals surface area contributed by atoms with E-state index in [0.717, 1.165) is 15.7 Å². The fourth-order valence-corrected chi connectivity index (χ4v) is 4.97. The van der Waals surface area contributed by atoms with Gasteiger partial charge in [-0.1, -0.05) is 46.3 Å². The number of amides is 1. The van der Waals surface area contributed by atoms with Crippen LogP contribution in [0.4, 0.5) is 5.69 Å². The molecule has 2 aromatic carbocycles. The predicted octanol–water partition coefficient (Wildman–Crippen LogP) is 2.92. The fourth-order valence-electron chi connectivity index (χ4n) is 3.19. The van der Waals surface area contributed by atoms with E-state index >= 15 is 0 Å². The van der Waals surface area contributed by atoms with Crippen molar-refractivity contribution in [3.63, 3.8) is 0 Å². The van der Waals surface area contributed by atoms with Gasteiger partial charge in [0, 0.05) is 36.3 Å². The molecule has 1 unspecified atom stereocenters. The second kappa shape index (κ2) is 9.17. The summed E-state index contributed by atoms with van der Waals surface area (Å²) >= 11 is 3.37. The van der Waals surface area contributed by atoms with Gasteiger partial charge in [-0.05, 0) is 36.8 Å². The van der Waals surface area contributed by atoms with Crippen LogP contribution < -0.4 is 5.32 Å². The van der Waals surface area contributed by atoms with Crippen LogP contribution in [0.2, 0.25) is 0 Å². The largest absolute Gasteiger partial charge is 0.325 e. The van der Waals surface area contributed by atoms with Gasteiger partial charge in [0.15, 0.2) is 0 Å². The van der Waals surface area contributed by atoms with Crippen LogP contribution in [0, 0.1) is 0 Å². The van der Waals surface area contributed by atoms with Crippen LogP contribution in [-0.2, 0) is 20.6 Å². The van der Waals surface area contributed by atoms with Gasteiger partial charge in [0.2, 0.25) is 15.9 Å². The summed E-state index contributed by atoms with van der Waals surface area (Å²) in [5, 5.41) is 2.91. The number of hydrogen-bond donors (Lipinski definition) is 1. The zero-order valence-electron chi connectivity index (χ0n) is 15.7. The lowest BCUT2D eigenvalue weighted by Gasteiger charge is -2.36. The maximum absolute atomic E-state index is 12.7. The molecular weight excluding hydrogens is 442 g/mol. The first-order chi connectivity index (χ1) is 13.3. The van der Waals surface area contributed by atoms with Gasteiger partial charge in [0.25, 0.3) is 0 Å². The van der Waals surface area contributed by atoms with Gasteiger partial charge in [-0.3, -0.25) is 9.69 Å². The van der Waals surface area contributed by atoms with Crippen molar-refractivity contribution in [2.24, 2.45) is 0 Å². The number of rotatable bonds is 6. The van der Waals surface area contributed by atoms with E-state index in [-0.39, 0.29) is 17.7 Å². The molecule has 1 aliphatic heterocycles. The van der Waals surface area contributed by atoms with E-state index in [2.05, 4.69) is 21.2 Å². The summed E-state index contributed by atoms with van der Waals surface area (Å²) in [5.74, 6) is -0.0871. The maximum atomic E-state index is 12.7. The molecule has 1 N–H and O–H groups in total. The summed E-state index contributed by atoms with van der Waals surface area (Å²) in [7, 11) is -3.36. The minimum atomic E-state index is -3.36. The number of nitrogens with zero attached hydrogens (tertiary/aromatic N) is 2. The molecule has 3 rings (SSSR count). The Kier molecular flexibility index (Phi) is 6.87. The number of nitrogens with one attached hydrogen (secondary N) is 1. The normalized spacial score (nSPS) is 17.2. The molecule has 1 fully saturated rings. The Morgan fingerprint density at radius 1 is 1.04 bits per heavy atom. The Balaban J connectivity index is 1.53. The topological polar surface area (TPSA) is 69.7 Å². The monoisotopic (exact) mass is 465 g/mol. The number of carbonyl (C=O) groups excluding carboxylic acids is 1. The third-order valence-electron chi connectivity index (χ3n) is 4.90. The van der Waals surface area contributed by atoms with Crippen LogP contribution in [0.25, 0.3) is 0 Å². The van der Waals surface area contributed by atoms with Gasteiger partial charge in [-0.2, -0.15) is 4.31 Å². The van der Waals surface area contributed by atoms with E-state index in [1.165, 1.54) is 4.31 Å². The Bertz CT molecular complexity index is 896. The van der Waals surface area contributed by atoms with Crippen molar-refractivity contribution in [2.75, 3.05) is 31.5 Å². The molecular formula is C20H24BrN3O3S. The Morgan fingerprint density at radius 2 is 1.64 bits per heavy atom. The minimum absolute atomic E-state index is 0.00739. The molecule has 150 valence electrons. The first-order valence-electron chi connectivity index (χ1n) is 9.17. The third kappa shape index (κ3) is 5.41. The molecule has 0 aliphatic carbocycles. The van der Waals surface area contributed by atoms with Crippen molar-refractivity contribution < 1.29 is 13.2 Å². The van der Waals surface area contributed by atoms with E-state index < -0.39 is 10.0 Å². The molecule has 0 saturated carbocycles. The molecule has 1 amide bonds. The second-order valence-electron chi connectivity index (χ2n) is 6.85. The highest BCUT2D eigenvalue weighted by Gasteiger charge is 2.30. The summed E-state index contributed by atoms with van der Waals surface area (Å²) in [6.07, 6.45) is 0. The highest BCUT2D eigenvalue weighted by atomic mass is 79.9. The van der Waals surface area contributed by atoms with E-state index in [1.54, 1.807) is 0 Å². The van der Waals surface area contributed by atoms with Crippen LogP contribution in [0.3, 0.4) is 0 Å². The van der Waals surface area contributed by atoms with Crippen LogP contribution in [-0.4, -0.2) is 55.8 Å². The molecule has 0 aromatic heterocycles. The zero-order valence-corrected chi connectivity index (χ0v) is 18.1. The van der Waals surface area contributed by atoms with Crippen LogP contribution >= 0.6 is 15.9 Å². The van der Waals surface area contributed by atoms with Crippen molar-refractivity contribution in [3.05, 3.63) is 64.6 Å². The van der Waals surface area contributed by atoms with Crippen molar-refractivity contribution in [3.8, 4) is 0 Å². The molecule has 28 heavy (non-hydrogen) atoms. The highest BCUT2D eigenvalue weighted by molar-refractivity contribution is 9.10. The van der Waals surface area contributed by atoms with Crippen LogP contribution in [0.1, 0.15) is 12.5 Å². The molecule has 1 saturated heterocycles. The Morgan fingerprint density at radius 3 is 2.25 bits per heavy atom. The molecule has 0 radical (unpaired) electrons. The lowest BCUT2D eigenvalue weighted by Crippen LogP contribution is -2.54. The Labute approximate surface area is 174 Å². The molecule has 1 heterocycles. The highest BCUT2D eigenvalue weighted by Crippen LogP contribution is 2.17. The average molecular weight is 466 g/mol. The third-order valence-corrected chi connectivity index (χ3v) is 7.28. The SMILES string of the molecule is CC(C(=O)Nc1ccc(Br)cc1)N1CCN(S(=O)(=O)Cc2ccccc2)CC1. The van der Waals surface area contributed by atoms with E-state index in [1.807, 2.05) is 66.4 Å². The summed E-state index contributed by atoms with van der Waals surface area (Å²) in [6, 6.07) is 16.3. The second-order valence-corrected chi connectivity index (χ2v) is 9.73. The molecule has 1 aliphatic rings. The van der Waals surface area contributed by atoms with Gasteiger partial charge >= 0.3 is 0 Å². The number of carbonyl (C=O) groups is 1. The first-order valence-corrected chi connectivity index (χ1v) is 11.6. The van der Waals surface area contributed by atoms with Crippen molar-refractivity contribution in [1.29, 1.82) is 0 Å². The minimum Gasteiger partial charge on any atom is -0.325 e. The summed E-state index contributed by atoms with van der Waals surface area (Å²) < 4.78 is 27.8. The molecule has 0 spiro atoms. The molecule has 6 nitrogen and oxygen atoms in total. The number of piperazine rings is 1. The van der Waals surface area contributed by atoms with Crippen LogP contribution in [0.5, 0.6) is 0 Å². The molecule has 0 bridgehead atoms. The first kappa shape index (κ1) is 21.0. The number of sulfonamides is 1. The lowest BCUT2D eigenvalue weighted by molar-refractivity contribution is -0.121. The van der Waals surface area contributed by atoms with Gasteiger partial charge < -0.3 is 5.32 Å². The van der Waals surface area contributed by atoms with Gasteiger partial charge in [-0.25, -0.2) is 8.42 Å². The predicted molar refractivity (Wildman–Crippen MR) is 114 cm³/mol. The number of benzene rings is 2. The summed E-state index contributed by atoms with van der Waals surface area (Å²) in [5.41, 5.74) is 1.52. The zero-order chi connectivity index (χ0) is 20.1. The van der Waals surface area contributed by atoms with Gasteiger partial charge in [-0.15, -0.1) is 0 Å². The summed E-state index contributed by atoms with van der Waals surface area (Å²) in [4.78, 5) is 14.5. The van der Waals surface area contributed by atoms with E-state index in [9.17, 15) is 13.2 Å². The molecule has 8 heteroatoms. The molecule has 1 atom stereocenters. The quantitative estimate of drug-likeness (QED) is 0.711. The lowest BCUT2D eigenvalue weighted by atomic mass is 10.2. The van der Waals surface area contributed by atoms with Crippen molar-refractivity contribution in [2.45, 2.75) is 18.7 Å². The number of halogens is 1. The maximum Gasteiger partial charge on any atom is 0.241 e. The number of anilines is 1. The van der Waals surface area contributed by atoms with Crippen molar-refractivity contribution >= 4 is 37.5 Å². The smallest absolute Gasteiger partial charge is 0.241 e. The standard InChI is InChI=1S/C20H24BrN3O3S/c1-16(20(25)22-19-9-7-18(21)8-10-19)23-11-13-24(14-12-23)28(26,27)15-17-5-3-2-4-6-17/h2-10,16H,11-15H2,1H3,(H,22,25). The fraction of sp³-hybridized carbons (Fsp3) is 0.350. The van der Waals surface area contributed by atoms with Crippen LogP contribution in [0.15, 0.2) is 59.1 Å². The van der Waals surface area contributed by atoms with Gasteiger partial charge in [0.05, 0.1) is 11.8 Å². The number of hydrogen-bond acceptors (Lipinski definition) is 4. The Hall–Kier alpha value is -1.74. The average Bonchev–Trinajstić information content (AvgIpc) is 2.69.